The molecule has 0 saturated heterocycles. The Morgan fingerprint density at radius 3 is 2.29 bits per heavy atom. The van der Waals surface area contributed by atoms with Crippen LogP contribution in [0, 0.1) is 5.92 Å². The van der Waals surface area contributed by atoms with Crippen LogP contribution in [0.3, 0.4) is 0 Å². The quantitative estimate of drug-likeness (QED) is 0.821. The molecule has 0 aromatic heterocycles. The van der Waals surface area contributed by atoms with Gasteiger partial charge in [-0.15, -0.1) is 0 Å². The summed E-state index contributed by atoms with van der Waals surface area (Å²) in [5, 5.41) is 10.3. The Labute approximate surface area is 126 Å². The molecule has 2 rings (SSSR count). The summed E-state index contributed by atoms with van der Waals surface area (Å²) >= 11 is 0. The molecule has 0 aliphatic heterocycles. The number of aliphatic hydroxyl groups is 1. The van der Waals surface area contributed by atoms with Crippen LogP contribution >= 0.6 is 0 Å². The largest absolute Gasteiger partial charge is 0.489 e. The lowest BCUT2D eigenvalue weighted by molar-refractivity contribution is 0.110. The molecule has 0 radical (unpaired) electrons. The normalized spacial score (nSPS) is 13.7. The molecule has 2 atom stereocenters. The molecule has 0 heterocycles. The minimum absolute atomic E-state index is 0.0982. The van der Waals surface area contributed by atoms with Crippen LogP contribution in [0.25, 0.3) is 0 Å². The number of hydrogen-bond acceptors (Lipinski definition) is 3. The van der Waals surface area contributed by atoms with Crippen LogP contribution in [0.2, 0.25) is 0 Å². The smallest absolute Gasteiger partial charge is 0.119 e. The van der Waals surface area contributed by atoms with Gasteiger partial charge in [-0.3, -0.25) is 0 Å². The number of aliphatic hydroxyl groups excluding tert-OH is 1. The zero-order valence-electron chi connectivity index (χ0n) is 12.4. The van der Waals surface area contributed by atoms with Gasteiger partial charge in [0.15, 0.2) is 0 Å². The zero-order chi connectivity index (χ0) is 15.1. The summed E-state index contributed by atoms with van der Waals surface area (Å²) in [5.74, 6) is 0.900. The second kappa shape index (κ2) is 7.81. The van der Waals surface area contributed by atoms with Gasteiger partial charge in [-0.25, -0.2) is 0 Å². The van der Waals surface area contributed by atoms with Gasteiger partial charge in [0.05, 0.1) is 6.10 Å². The molecule has 3 N–H and O–H groups in total. The third-order valence-corrected chi connectivity index (χ3v) is 3.74. The second-order valence-electron chi connectivity index (χ2n) is 5.19. The maximum atomic E-state index is 10.3. The monoisotopic (exact) mass is 285 g/mol. The van der Waals surface area contributed by atoms with E-state index in [0.717, 1.165) is 23.3 Å². The molecular weight excluding hydrogens is 262 g/mol. The molecule has 0 amide bonds. The Bertz CT molecular complexity index is 521. The first-order chi connectivity index (χ1) is 10.2. The lowest BCUT2D eigenvalue weighted by Gasteiger charge is -2.20. The summed E-state index contributed by atoms with van der Waals surface area (Å²) < 4.78 is 5.73. The lowest BCUT2D eigenvalue weighted by Crippen LogP contribution is -2.21. The van der Waals surface area contributed by atoms with E-state index in [2.05, 4.69) is 0 Å². The number of ether oxygens (including phenoxy) is 1. The maximum absolute atomic E-state index is 10.3. The van der Waals surface area contributed by atoms with Gasteiger partial charge >= 0.3 is 0 Å². The van der Waals surface area contributed by atoms with Gasteiger partial charge < -0.3 is 15.6 Å². The first-order valence-corrected chi connectivity index (χ1v) is 7.39. The summed E-state index contributed by atoms with van der Waals surface area (Å²) in [5.41, 5.74) is 7.70. The van der Waals surface area contributed by atoms with Crippen LogP contribution in [0.4, 0.5) is 0 Å². The number of hydrogen-bond donors (Lipinski definition) is 2. The van der Waals surface area contributed by atoms with Crippen molar-refractivity contribution in [3.05, 3.63) is 65.7 Å². The lowest BCUT2D eigenvalue weighted by atomic mass is 9.93. The van der Waals surface area contributed by atoms with Crippen LogP contribution < -0.4 is 10.5 Å². The standard InChI is InChI=1S/C18H23NO2/c1-2-15(12-19)18(20)16-8-10-17(11-9-16)21-13-14-6-4-3-5-7-14/h3-11,15,18,20H,2,12-13,19H2,1H3. The van der Waals surface area contributed by atoms with Crippen LogP contribution in [0.1, 0.15) is 30.6 Å². The fourth-order valence-electron chi connectivity index (χ4n) is 2.29. The molecule has 0 aliphatic rings. The molecule has 21 heavy (non-hydrogen) atoms. The van der Waals surface area contributed by atoms with E-state index in [1.165, 1.54) is 0 Å². The van der Waals surface area contributed by atoms with Gasteiger partial charge in [-0.1, -0.05) is 49.4 Å². The highest BCUT2D eigenvalue weighted by Gasteiger charge is 2.17. The molecule has 0 bridgehead atoms. The van der Waals surface area contributed by atoms with Crippen molar-refractivity contribution in [2.45, 2.75) is 26.1 Å². The Morgan fingerprint density at radius 1 is 1.05 bits per heavy atom. The maximum Gasteiger partial charge on any atom is 0.119 e. The van der Waals surface area contributed by atoms with E-state index < -0.39 is 6.10 Å². The van der Waals surface area contributed by atoms with E-state index >= 15 is 0 Å². The van der Waals surface area contributed by atoms with E-state index in [9.17, 15) is 5.11 Å². The minimum atomic E-state index is -0.511. The van der Waals surface area contributed by atoms with Gasteiger partial charge in [0.25, 0.3) is 0 Å². The molecule has 2 unspecified atom stereocenters. The highest BCUT2D eigenvalue weighted by Crippen LogP contribution is 2.25. The molecule has 0 fully saturated rings. The van der Waals surface area contributed by atoms with E-state index in [4.69, 9.17) is 10.5 Å². The van der Waals surface area contributed by atoms with Crippen molar-refractivity contribution >= 4 is 0 Å². The van der Waals surface area contributed by atoms with Crippen molar-refractivity contribution in [3.63, 3.8) is 0 Å². The van der Waals surface area contributed by atoms with E-state index in [-0.39, 0.29) is 5.92 Å². The third kappa shape index (κ3) is 4.31. The predicted octanol–water partition coefficient (Wildman–Crippen LogP) is 3.28. The van der Waals surface area contributed by atoms with Crippen molar-refractivity contribution < 1.29 is 9.84 Å². The number of rotatable bonds is 7. The van der Waals surface area contributed by atoms with E-state index in [1.807, 2.05) is 61.5 Å². The number of benzene rings is 2. The van der Waals surface area contributed by atoms with Gasteiger partial charge in [-0.05, 0) is 36.2 Å². The first kappa shape index (κ1) is 15.5. The fraction of sp³-hybridized carbons (Fsp3) is 0.333. The van der Waals surface area contributed by atoms with Gasteiger partial charge in [0.1, 0.15) is 12.4 Å². The minimum Gasteiger partial charge on any atom is -0.489 e. The highest BCUT2D eigenvalue weighted by molar-refractivity contribution is 5.29. The Kier molecular flexibility index (Phi) is 5.78. The molecular formula is C18H23NO2. The topological polar surface area (TPSA) is 55.5 Å². The van der Waals surface area contributed by atoms with E-state index in [0.29, 0.717) is 13.2 Å². The average Bonchev–Trinajstić information content (AvgIpc) is 2.55. The summed E-state index contributed by atoms with van der Waals surface area (Å²) in [6.07, 6.45) is 0.354. The highest BCUT2D eigenvalue weighted by atomic mass is 16.5. The van der Waals surface area contributed by atoms with Crippen molar-refractivity contribution in [2.75, 3.05) is 6.54 Å². The summed E-state index contributed by atoms with van der Waals surface area (Å²) in [6, 6.07) is 17.6. The molecule has 2 aromatic carbocycles. The Balaban J connectivity index is 1.95. The van der Waals surface area contributed by atoms with Gasteiger partial charge in [0.2, 0.25) is 0 Å². The fourth-order valence-corrected chi connectivity index (χ4v) is 2.29. The molecule has 0 saturated carbocycles. The Morgan fingerprint density at radius 2 is 1.71 bits per heavy atom. The summed E-state index contributed by atoms with van der Waals surface area (Å²) in [7, 11) is 0. The van der Waals surface area contributed by atoms with Crippen LogP contribution in [-0.4, -0.2) is 11.7 Å². The molecule has 112 valence electrons. The van der Waals surface area contributed by atoms with Crippen molar-refractivity contribution in [1.29, 1.82) is 0 Å². The summed E-state index contributed by atoms with van der Waals surface area (Å²) in [4.78, 5) is 0. The molecule has 3 heteroatoms. The predicted molar refractivity (Wildman–Crippen MR) is 85.0 cm³/mol. The SMILES string of the molecule is CCC(CN)C(O)c1ccc(OCc2ccccc2)cc1. The third-order valence-electron chi connectivity index (χ3n) is 3.74. The van der Waals surface area contributed by atoms with Gasteiger partial charge in [-0.2, -0.15) is 0 Å². The first-order valence-electron chi connectivity index (χ1n) is 7.39. The van der Waals surface area contributed by atoms with E-state index in [1.54, 1.807) is 0 Å². The van der Waals surface area contributed by atoms with Crippen molar-refractivity contribution in [2.24, 2.45) is 11.7 Å². The molecule has 0 aliphatic carbocycles. The average molecular weight is 285 g/mol. The number of nitrogens with two attached hydrogens (primary N) is 1. The van der Waals surface area contributed by atoms with Crippen LogP contribution in [0.5, 0.6) is 5.75 Å². The van der Waals surface area contributed by atoms with Crippen molar-refractivity contribution in [3.8, 4) is 5.75 Å². The van der Waals surface area contributed by atoms with Crippen molar-refractivity contribution in [1.82, 2.24) is 0 Å². The van der Waals surface area contributed by atoms with Gasteiger partial charge in [0, 0.05) is 5.92 Å². The van der Waals surface area contributed by atoms with Crippen LogP contribution in [-0.2, 0) is 6.61 Å². The van der Waals surface area contributed by atoms with Crippen LogP contribution in [0.15, 0.2) is 54.6 Å². The molecule has 0 spiro atoms. The zero-order valence-corrected chi connectivity index (χ0v) is 12.4. The summed E-state index contributed by atoms with van der Waals surface area (Å²) in [6.45, 7) is 3.07. The Hall–Kier alpha value is -1.84. The molecule has 3 nitrogen and oxygen atoms in total. The second-order valence-corrected chi connectivity index (χ2v) is 5.19. The molecule has 2 aromatic rings.